The molecule has 0 saturated carbocycles. The molecule has 0 heterocycles. The van der Waals surface area contributed by atoms with Crippen molar-refractivity contribution >= 4 is 0 Å². The predicted molar refractivity (Wildman–Crippen MR) is 86.3 cm³/mol. The van der Waals surface area contributed by atoms with Crippen LogP contribution >= 0.6 is 0 Å². The van der Waals surface area contributed by atoms with Crippen molar-refractivity contribution in [2.24, 2.45) is 5.41 Å². The Balaban J connectivity index is 4.68. The van der Waals surface area contributed by atoms with Crippen LogP contribution in [0.2, 0.25) is 0 Å². The van der Waals surface area contributed by atoms with Crippen LogP contribution in [0.15, 0.2) is 0 Å². The van der Waals surface area contributed by atoms with E-state index in [2.05, 4.69) is 44.8 Å². The largest absolute Gasteiger partial charge is 0.383 e. The zero-order chi connectivity index (χ0) is 15.6. The molecule has 0 aromatic carbocycles. The van der Waals surface area contributed by atoms with E-state index in [1.165, 1.54) is 0 Å². The lowest BCUT2D eigenvalue weighted by molar-refractivity contribution is 0.0572. The molecule has 0 spiro atoms. The molecule has 122 valence electrons. The number of ether oxygens (including phenoxy) is 2. The van der Waals surface area contributed by atoms with Crippen LogP contribution < -0.4 is 5.32 Å². The van der Waals surface area contributed by atoms with Gasteiger partial charge < -0.3 is 14.8 Å². The summed E-state index contributed by atoms with van der Waals surface area (Å²) in [7, 11) is 3.53. The minimum absolute atomic E-state index is 0.243. The van der Waals surface area contributed by atoms with Gasteiger partial charge in [-0.15, -0.1) is 0 Å². The molecule has 0 radical (unpaired) electrons. The van der Waals surface area contributed by atoms with Gasteiger partial charge in [0.05, 0.1) is 13.2 Å². The van der Waals surface area contributed by atoms with Gasteiger partial charge in [-0.3, -0.25) is 4.90 Å². The summed E-state index contributed by atoms with van der Waals surface area (Å²) >= 11 is 0. The summed E-state index contributed by atoms with van der Waals surface area (Å²) in [5.41, 5.74) is 0.243. The molecular weight excluding hydrogens is 252 g/mol. The highest BCUT2D eigenvalue weighted by molar-refractivity contribution is 4.85. The van der Waals surface area contributed by atoms with E-state index in [1.54, 1.807) is 14.2 Å². The Hall–Kier alpha value is -0.160. The minimum Gasteiger partial charge on any atom is -0.383 e. The molecule has 2 atom stereocenters. The summed E-state index contributed by atoms with van der Waals surface area (Å²) in [6, 6.07) is 0.877. The lowest BCUT2D eigenvalue weighted by atomic mass is 9.86. The molecule has 0 aromatic rings. The SMILES string of the molecule is CCCNC(CN(CCOC)C(C)COC)C(C)(C)C. The third-order valence-electron chi connectivity index (χ3n) is 3.72. The van der Waals surface area contributed by atoms with Crippen molar-refractivity contribution < 1.29 is 9.47 Å². The topological polar surface area (TPSA) is 33.7 Å². The molecule has 0 rings (SSSR count). The average molecular weight is 288 g/mol. The Morgan fingerprint density at radius 3 is 2.25 bits per heavy atom. The van der Waals surface area contributed by atoms with Crippen molar-refractivity contribution in [2.45, 2.75) is 53.1 Å². The zero-order valence-corrected chi connectivity index (χ0v) is 14.7. The van der Waals surface area contributed by atoms with Crippen LogP contribution in [0.5, 0.6) is 0 Å². The normalized spacial score (nSPS) is 15.6. The molecule has 0 bridgehead atoms. The summed E-state index contributed by atoms with van der Waals surface area (Å²) in [5, 5.41) is 3.69. The Morgan fingerprint density at radius 1 is 1.15 bits per heavy atom. The molecular formula is C16H36N2O2. The second kappa shape index (κ2) is 10.6. The van der Waals surface area contributed by atoms with Crippen molar-refractivity contribution in [2.75, 3.05) is 47.1 Å². The maximum absolute atomic E-state index is 5.31. The van der Waals surface area contributed by atoms with Crippen molar-refractivity contribution in [1.82, 2.24) is 10.2 Å². The van der Waals surface area contributed by atoms with E-state index in [0.29, 0.717) is 12.1 Å². The average Bonchev–Trinajstić information content (AvgIpc) is 2.36. The molecule has 1 N–H and O–H groups in total. The van der Waals surface area contributed by atoms with Gasteiger partial charge in [-0.05, 0) is 25.3 Å². The summed E-state index contributed by atoms with van der Waals surface area (Å²) < 4.78 is 10.6. The predicted octanol–water partition coefficient (Wildman–Crippen LogP) is 2.38. The number of nitrogens with zero attached hydrogens (tertiary/aromatic N) is 1. The minimum atomic E-state index is 0.243. The first-order chi connectivity index (χ1) is 9.36. The standard InChI is InChI=1S/C16H36N2O2/c1-8-9-17-15(16(3,4)5)12-18(10-11-19-6)14(2)13-20-7/h14-15,17H,8-13H2,1-7H3. The third-order valence-corrected chi connectivity index (χ3v) is 3.72. The quantitative estimate of drug-likeness (QED) is 0.633. The third kappa shape index (κ3) is 8.20. The first kappa shape index (κ1) is 19.8. The lowest BCUT2D eigenvalue weighted by Gasteiger charge is -2.38. The summed E-state index contributed by atoms with van der Waals surface area (Å²) in [6.07, 6.45) is 1.16. The van der Waals surface area contributed by atoms with Crippen LogP contribution in [0, 0.1) is 5.41 Å². The lowest BCUT2D eigenvalue weighted by Crippen LogP contribution is -2.52. The number of hydrogen-bond acceptors (Lipinski definition) is 4. The number of hydrogen-bond donors (Lipinski definition) is 1. The molecule has 0 aromatic heterocycles. The van der Waals surface area contributed by atoms with Gasteiger partial charge >= 0.3 is 0 Å². The Labute approximate surface area is 126 Å². The van der Waals surface area contributed by atoms with E-state index < -0.39 is 0 Å². The molecule has 4 heteroatoms. The van der Waals surface area contributed by atoms with Crippen LogP contribution in [0.4, 0.5) is 0 Å². The first-order valence-electron chi connectivity index (χ1n) is 7.82. The van der Waals surface area contributed by atoms with Crippen molar-refractivity contribution in [3.63, 3.8) is 0 Å². The monoisotopic (exact) mass is 288 g/mol. The zero-order valence-electron chi connectivity index (χ0n) is 14.7. The van der Waals surface area contributed by atoms with Crippen LogP contribution in [-0.4, -0.2) is 64.1 Å². The number of rotatable bonds is 11. The highest BCUT2D eigenvalue weighted by Crippen LogP contribution is 2.21. The van der Waals surface area contributed by atoms with Gasteiger partial charge in [0, 0.05) is 39.4 Å². The fourth-order valence-electron chi connectivity index (χ4n) is 2.24. The summed E-state index contributed by atoms with van der Waals surface area (Å²) in [5.74, 6) is 0. The molecule has 0 aliphatic carbocycles. The van der Waals surface area contributed by atoms with Crippen molar-refractivity contribution in [1.29, 1.82) is 0 Å². The summed E-state index contributed by atoms with van der Waals surface area (Å²) in [6.45, 7) is 15.9. The van der Waals surface area contributed by atoms with E-state index in [1.807, 2.05) is 0 Å². The maximum atomic E-state index is 5.31. The molecule has 0 saturated heterocycles. The Kier molecular flexibility index (Phi) is 10.5. The molecule has 0 aliphatic heterocycles. The van der Waals surface area contributed by atoms with Gasteiger partial charge in [0.1, 0.15) is 0 Å². The van der Waals surface area contributed by atoms with Crippen molar-refractivity contribution in [3.05, 3.63) is 0 Å². The van der Waals surface area contributed by atoms with E-state index >= 15 is 0 Å². The maximum Gasteiger partial charge on any atom is 0.0615 e. The van der Waals surface area contributed by atoms with Crippen LogP contribution in [-0.2, 0) is 9.47 Å². The van der Waals surface area contributed by atoms with Crippen LogP contribution in [0.3, 0.4) is 0 Å². The van der Waals surface area contributed by atoms with Gasteiger partial charge in [0.25, 0.3) is 0 Å². The van der Waals surface area contributed by atoms with Gasteiger partial charge in [0.2, 0.25) is 0 Å². The van der Waals surface area contributed by atoms with Gasteiger partial charge in [-0.2, -0.15) is 0 Å². The highest BCUT2D eigenvalue weighted by Gasteiger charge is 2.27. The molecule has 20 heavy (non-hydrogen) atoms. The van der Waals surface area contributed by atoms with Crippen LogP contribution in [0.25, 0.3) is 0 Å². The summed E-state index contributed by atoms with van der Waals surface area (Å²) in [4.78, 5) is 2.46. The van der Waals surface area contributed by atoms with E-state index in [-0.39, 0.29) is 5.41 Å². The fourth-order valence-corrected chi connectivity index (χ4v) is 2.24. The second-order valence-corrected chi connectivity index (χ2v) is 6.66. The molecule has 0 aliphatic rings. The molecule has 0 fully saturated rings. The first-order valence-corrected chi connectivity index (χ1v) is 7.82. The number of methoxy groups -OCH3 is 2. The van der Waals surface area contributed by atoms with Crippen molar-refractivity contribution in [3.8, 4) is 0 Å². The second-order valence-electron chi connectivity index (χ2n) is 6.66. The van der Waals surface area contributed by atoms with E-state index in [0.717, 1.165) is 39.3 Å². The van der Waals surface area contributed by atoms with Crippen LogP contribution in [0.1, 0.15) is 41.0 Å². The highest BCUT2D eigenvalue weighted by atomic mass is 16.5. The van der Waals surface area contributed by atoms with E-state index in [9.17, 15) is 0 Å². The Bertz CT molecular complexity index is 229. The Morgan fingerprint density at radius 2 is 1.80 bits per heavy atom. The van der Waals surface area contributed by atoms with Gasteiger partial charge in [0.15, 0.2) is 0 Å². The molecule has 4 nitrogen and oxygen atoms in total. The molecule has 0 amide bonds. The molecule has 2 unspecified atom stereocenters. The van der Waals surface area contributed by atoms with E-state index in [4.69, 9.17) is 9.47 Å². The van der Waals surface area contributed by atoms with Gasteiger partial charge in [-0.25, -0.2) is 0 Å². The smallest absolute Gasteiger partial charge is 0.0615 e. The van der Waals surface area contributed by atoms with Gasteiger partial charge in [-0.1, -0.05) is 27.7 Å². The fraction of sp³-hybridized carbons (Fsp3) is 1.00. The number of nitrogens with one attached hydrogen (secondary N) is 1.